The van der Waals surface area contributed by atoms with Crippen LogP contribution in [0.15, 0.2) is 48.9 Å². The average Bonchev–Trinajstić information content (AvgIpc) is 3.36. The van der Waals surface area contributed by atoms with Crippen molar-refractivity contribution in [2.24, 2.45) is 0 Å². The molecule has 0 bridgehead atoms. The van der Waals surface area contributed by atoms with Gasteiger partial charge in [0.15, 0.2) is 0 Å². The van der Waals surface area contributed by atoms with Crippen LogP contribution in [0.1, 0.15) is 28.3 Å². The quantitative estimate of drug-likeness (QED) is 0.790. The van der Waals surface area contributed by atoms with Crippen molar-refractivity contribution < 1.29 is 9.18 Å². The molecule has 2 atom stereocenters. The first-order valence-electron chi connectivity index (χ1n) is 7.58. The zero-order valence-corrected chi connectivity index (χ0v) is 13.3. The molecule has 1 saturated carbocycles. The highest BCUT2D eigenvalue weighted by molar-refractivity contribution is 6.30. The van der Waals surface area contributed by atoms with Crippen LogP contribution in [0.3, 0.4) is 0 Å². The van der Waals surface area contributed by atoms with E-state index in [9.17, 15) is 9.18 Å². The monoisotopic (exact) mass is 341 g/mol. The Hall–Kier alpha value is -2.53. The van der Waals surface area contributed by atoms with Gasteiger partial charge in [-0.1, -0.05) is 17.7 Å². The Morgan fingerprint density at radius 1 is 1.25 bits per heavy atom. The van der Waals surface area contributed by atoms with Gasteiger partial charge in [0.1, 0.15) is 5.82 Å². The molecule has 120 valence electrons. The molecular formula is C18H13ClFN3O. The van der Waals surface area contributed by atoms with E-state index in [1.807, 2.05) is 0 Å². The van der Waals surface area contributed by atoms with Crippen LogP contribution in [0, 0.1) is 5.82 Å². The Bertz CT molecular complexity index is 941. The van der Waals surface area contributed by atoms with Crippen LogP contribution in [0.4, 0.5) is 4.39 Å². The summed E-state index contributed by atoms with van der Waals surface area (Å²) < 4.78 is 13.6. The maximum Gasteiger partial charge on any atom is 0.252 e. The summed E-state index contributed by atoms with van der Waals surface area (Å²) in [6, 6.07) is 8.23. The summed E-state index contributed by atoms with van der Waals surface area (Å²) in [6.45, 7) is 0. The fourth-order valence-corrected chi connectivity index (χ4v) is 3.02. The number of rotatable bonds is 3. The summed E-state index contributed by atoms with van der Waals surface area (Å²) in [5.74, 6) is -0.485. The number of aromatic nitrogens is 2. The number of benzene rings is 1. The number of halogens is 2. The van der Waals surface area contributed by atoms with Crippen molar-refractivity contribution in [3.8, 4) is 0 Å². The van der Waals surface area contributed by atoms with Crippen molar-refractivity contribution in [3.05, 3.63) is 70.9 Å². The van der Waals surface area contributed by atoms with Crippen LogP contribution >= 0.6 is 11.6 Å². The van der Waals surface area contributed by atoms with Gasteiger partial charge in [0.2, 0.25) is 0 Å². The third kappa shape index (κ3) is 2.71. The van der Waals surface area contributed by atoms with E-state index < -0.39 is 5.82 Å². The number of fused-ring (bicyclic) bond motifs is 1. The predicted octanol–water partition coefficient (Wildman–Crippen LogP) is 3.71. The lowest BCUT2D eigenvalue weighted by Crippen LogP contribution is -2.26. The summed E-state index contributed by atoms with van der Waals surface area (Å²) in [7, 11) is 0. The maximum absolute atomic E-state index is 13.6. The second-order valence-corrected chi connectivity index (χ2v) is 6.25. The van der Waals surface area contributed by atoms with Gasteiger partial charge >= 0.3 is 0 Å². The largest absolute Gasteiger partial charge is 0.349 e. The standard InChI is InChI=1S/C18H13ClFN3O/c19-14-2-1-10(7-15(14)20)12-8-17(12)23-18(24)11-3-6-22-16-4-5-21-9-13(11)16/h1-7,9,12,17H,8H2,(H,23,24)/t12-,17+/m0/s1. The molecule has 0 spiro atoms. The van der Waals surface area contributed by atoms with Crippen LogP contribution in [-0.4, -0.2) is 21.9 Å². The van der Waals surface area contributed by atoms with Gasteiger partial charge in [-0.15, -0.1) is 0 Å². The lowest BCUT2D eigenvalue weighted by atomic mass is 10.1. The second-order valence-electron chi connectivity index (χ2n) is 5.85. The van der Waals surface area contributed by atoms with Gasteiger partial charge in [0.05, 0.1) is 16.1 Å². The molecule has 4 nitrogen and oxygen atoms in total. The first-order valence-corrected chi connectivity index (χ1v) is 7.96. The summed E-state index contributed by atoms with van der Waals surface area (Å²) in [4.78, 5) is 20.8. The molecule has 4 rings (SSSR count). The fraction of sp³-hybridized carbons (Fsp3) is 0.167. The van der Waals surface area contributed by atoms with Crippen LogP contribution in [0.5, 0.6) is 0 Å². The molecule has 1 amide bonds. The topological polar surface area (TPSA) is 54.9 Å². The second kappa shape index (κ2) is 5.83. The predicted molar refractivity (Wildman–Crippen MR) is 89.6 cm³/mol. The van der Waals surface area contributed by atoms with Crippen LogP contribution in [0.2, 0.25) is 5.02 Å². The average molecular weight is 342 g/mol. The van der Waals surface area contributed by atoms with Crippen molar-refractivity contribution in [1.29, 1.82) is 0 Å². The maximum atomic E-state index is 13.6. The molecule has 24 heavy (non-hydrogen) atoms. The Labute approximate surface area is 142 Å². The van der Waals surface area contributed by atoms with E-state index in [1.54, 1.807) is 42.9 Å². The molecule has 3 aromatic rings. The fourth-order valence-electron chi connectivity index (χ4n) is 2.90. The molecule has 6 heteroatoms. The molecule has 1 aromatic carbocycles. The van der Waals surface area contributed by atoms with E-state index >= 15 is 0 Å². The molecule has 1 fully saturated rings. The summed E-state index contributed by atoms with van der Waals surface area (Å²) >= 11 is 5.71. The third-order valence-electron chi connectivity index (χ3n) is 4.27. The molecule has 2 aromatic heterocycles. The first kappa shape index (κ1) is 15.0. The highest BCUT2D eigenvalue weighted by Crippen LogP contribution is 2.41. The van der Waals surface area contributed by atoms with Gasteiger partial charge in [-0.05, 0) is 36.2 Å². The van der Waals surface area contributed by atoms with E-state index in [0.717, 1.165) is 17.5 Å². The van der Waals surface area contributed by atoms with E-state index in [2.05, 4.69) is 15.3 Å². The highest BCUT2D eigenvalue weighted by atomic mass is 35.5. The molecule has 0 unspecified atom stereocenters. The Balaban J connectivity index is 1.52. The van der Waals surface area contributed by atoms with Gasteiger partial charge in [-0.3, -0.25) is 14.8 Å². The highest BCUT2D eigenvalue weighted by Gasteiger charge is 2.40. The van der Waals surface area contributed by atoms with Crippen molar-refractivity contribution in [3.63, 3.8) is 0 Å². The summed E-state index contributed by atoms with van der Waals surface area (Å²) in [5, 5.41) is 3.82. The molecule has 1 N–H and O–H groups in total. The zero-order chi connectivity index (χ0) is 16.7. The third-order valence-corrected chi connectivity index (χ3v) is 4.57. The molecule has 1 aliphatic carbocycles. The molecule has 2 heterocycles. The molecule has 0 radical (unpaired) electrons. The van der Waals surface area contributed by atoms with Gasteiger partial charge in [0, 0.05) is 35.9 Å². The van der Waals surface area contributed by atoms with E-state index in [4.69, 9.17) is 11.6 Å². The number of hydrogen-bond donors (Lipinski definition) is 1. The normalized spacial score (nSPS) is 19.2. The lowest BCUT2D eigenvalue weighted by molar-refractivity contribution is 0.0952. The Morgan fingerprint density at radius 2 is 2.12 bits per heavy atom. The minimum atomic E-state index is -0.433. The van der Waals surface area contributed by atoms with Crippen molar-refractivity contribution in [1.82, 2.24) is 15.3 Å². The lowest BCUT2D eigenvalue weighted by Gasteiger charge is -2.07. The van der Waals surface area contributed by atoms with E-state index in [1.165, 1.54) is 6.07 Å². The minimum Gasteiger partial charge on any atom is -0.349 e. The summed E-state index contributed by atoms with van der Waals surface area (Å²) in [6.07, 6.45) is 5.67. The smallest absolute Gasteiger partial charge is 0.252 e. The first-order chi connectivity index (χ1) is 11.6. The van der Waals surface area contributed by atoms with Gasteiger partial charge in [-0.2, -0.15) is 0 Å². The van der Waals surface area contributed by atoms with Crippen LogP contribution in [-0.2, 0) is 0 Å². The van der Waals surface area contributed by atoms with Crippen molar-refractivity contribution in [2.45, 2.75) is 18.4 Å². The van der Waals surface area contributed by atoms with Gasteiger partial charge in [-0.25, -0.2) is 4.39 Å². The number of amides is 1. The number of hydrogen-bond acceptors (Lipinski definition) is 3. The number of carbonyl (C=O) groups is 1. The van der Waals surface area contributed by atoms with E-state index in [0.29, 0.717) is 10.9 Å². The molecule has 1 aliphatic rings. The Kier molecular flexibility index (Phi) is 3.65. The van der Waals surface area contributed by atoms with Crippen LogP contribution in [0.25, 0.3) is 10.9 Å². The molecule has 0 saturated heterocycles. The molecular weight excluding hydrogens is 329 g/mol. The number of nitrogens with one attached hydrogen (secondary N) is 1. The van der Waals surface area contributed by atoms with E-state index in [-0.39, 0.29) is 22.9 Å². The molecule has 0 aliphatic heterocycles. The SMILES string of the molecule is O=C(N[C@@H]1C[C@H]1c1ccc(Cl)c(F)c1)c1ccnc2ccncc12. The van der Waals surface area contributed by atoms with Crippen molar-refractivity contribution >= 4 is 28.4 Å². The number of nitrogens with zero attached hydrogens (tertiary/aromatic N) is 2. The minimum absolute atomic E-state index is 0.00189. The zero-order valence-electron chi connectivity index (χ0n) is 12.5. The number of carbonyl (C=O) groups excluding carboxylic acids is 1. The van der Waals surface area contributed by atoms with Gasteiger partial charge < -0.3 is 5.32 Å². The van der Waals surface area contributed by atoms with Gasteiger partial charge in [0.25, 0.3) is 5.91 Å². The van der Waals surface area contributed by atoms with Crippen molar-refractivity contribution in [2.75, 3.05) is 0 Å². The number of pyridine rings is 2. The van der Waals surface area contributed by atoms with Crippen LogP contribution < -0.4 is 5.32 Å². The summed E-state index contributed by atoms with van der Waals surface area (Å²) in [5.41, 5.74) is 2.12. The Morgan fingerprint density at radius 3 is 2.96 bits per heavy atom.